The van der Waals surface area contributed by atoms with Crippen LogP contribution in [-0.4, -0.2) is 30.4 Å². The minimum absolute atomic E-state index is 0. The molecule has 2 aromatic carbocycles. The van der Waals surface area contributed by atoms with Crippen molar-refractivity contribution < 1.29 is 9.21 Å². The zero-order valence-corrected chi connectivity index (χ0v) is 18.3. The SMILES string of the molecule is Cc1ccc2c(C)c(C(=O)NCC(c3ccccc3Cl)N3CCCC3)oc2c1.Cl. The van der Waals surface area contributed by atoms with Crippen molar-refractivity contribution in [3.05, 3.63) is 69.9 Å². The van der Waals surface area contributed by atoms with E-state index in [1.165, 1.54) is 12.8 Å². The number of hydrogen-bond donors (Lipinski definition) is 1. The Bertz CT molecular complexity index is 1010. The molecule has 6 heteroatoms. The lowest BCUT2D eigenvalue weighted by Gasteiger charge is -2.28. The molecule has 154 valence electrons. The summed E-state index contributed by atoms with van der Waals surface area (Å²) in [7, 11) is 0. The smallest absolute Gasteiger partial charge is 0.287 e. The fraction of sp³-hybridized carbons (Fsp3) is 0.348. The number of benzene rings is 2. The van der Waals surface area contributed by atoms with Crippen LogP contribution < -0.4 is 5.32 Å². The Labute approximate surface area is 182 Å². The quantitative estimate of drug-likeness (QED) is 0.562. The average molecular weight is 433 g/mol. The van der Waals surface area contributed by atoms with Gasteiger partial charge in [0.05, 0.1) is 6.04 Å². The number of hydrogen-bond acceptors (Lipinski definition) is 3. The van der Waals surface area contributed by atoms with E-state index in [0.717, 1.165) is 45.8 Å². The van der Waals surface area contributed by atoms with Crippen molar-refractivity contribution in [1.29, 1.82) is 0 Å². The lowest BCUT2D eigenvalue weighted by Crippen LogP contribution is -2.37. The number of rotatable bonds is 5. The molecule has 4 nitrogen and oxygen atoms in total. The Morgan fingerprint density at radius 2 is 1.90 bits per heavy atom. The molecule has 1 aliphatic heterocycles. The summed E-state index contributed by atoms with van der Waals surface area (Å²) in [4.78, 5) is 15.3. The molecule has 0 bridgehead atoms. The number of fused-ring (bicyclic) bond motifs is 1. The molecule has 1 saturated heterocycles. The molecule has 1 aromatic heterocycles. The first kappa shape index (κ1) is 21.7. The first-order valence-corrected chi connectivity index (χ1v) is 10.2. The summed E-state index contributed by atoms with van der Waals surface area (Å²) in [5.74, 6) is 0.211. The zero-order valence-electron chi connectivity index (χ0n) is 16.7. The predicted octanol–water partition coefficient (Wildman–Crippen LogP) is 5.69. The Kier molecular flexibility index (Phi) is 6.89. The Balaban J connectivity index is 0.00000240. The summed E-state index contributed by atoms with van der Waals surface area (Å²) in [6, 6.07) is 14.0. The third-order valence-corrected chi connectivity index (χ3v) is 5.95. The van der Waals surface area contributed by atoms with Gasteiger partial charge in [0.25, 0.3) is 5.91 Å². The van der Waals surface area contributed by atoms with Gasteiger partial charge in [-0.1, -0.05) is 41.9 Å². The van der Waals surface area contributed by atoms with E-state index < -0.39 is 0 Å². The van der Waals surface area contributed by atoms with E-state index in [4.69, 9.17) is 16.0 Å². The van der Waals surface area contributed by atoms with Gasteiger partial charge in [-0.25, -0.2) is 0 Å². The van der Waals surface area contributed by atoms with Crippen LogP contribution in [0.4, 0.5) is 0 Å². The van der Waals surface area contributed by atoms with Crippen molar-refractivity contribution in [3.8, 4) is 0 Å². The molecule has 0 saturated carbocycles. The maximum absolute atomic E-state index is 12.9. The second-order valence-electron chi connectivity index (χ2n) is 7.55. The third kappa shape index (κ3) is 4.45. The van der Waals surface area contributed by atoms with Crippen LogP contribution in [0, 0.1) is 13.8 Å². The van der Waals surface area contributed by atoms with Gasteiger partial charge in [0, 0.05) is 22.5 Å². The van der Waals surface area contributed by atoms with Crippen LogP contribution in [0.15, 0.2) is 46.9 Å². The molecule has 0 spiro atoms. The molecule has 0 aliphatic carbocycles. The Hall–Kier alpha value is -2.01. The summed E-state index contributed by atoms with van der Waals surface area (Å²) in [6.07, 6.45) is 2.36. The minimum Gasteiger partial charge on any atom is -0.451 e. The fourth-order valence-corrected chi connectivity index (χ4v) is 4.31. The van der Waals surface area contributed by atoms with E-state index in [2.05, 4.69) is 10.2 Å². The predicted molar refractivity (Wildman–Crippen MR) is 120 cm³/mol. The number of nitrogens with one attached hydrogen (secondary N) is 1. The molecule has 29 heavy (non-hydrogen) atoms. The zero-order chi connectivity index (χ0) is 19.7. The summed E-state index contributed by atoms with van der Waals surface area (Å²) in [5.41, 5.74) is 3.80. The van der Waals surface area contributed by atoms with Crippen molar-refractivity contribution in [2.75, 3.05) is 19.6 Å². The average Bonchev–Trinajstić information content (AvgIpc) is 3.31. The highest BCUT2D eigenvalue weighted by molar-refractivity contribution is 6.31. The van der Waals surface area contributed by atoms with E-state index in [0.29, 0.717) is 12.3 Å². The Morgan fingerprint density at radius 1 is 1.17 bits per heavy atom. The van der Waals surface area contributed by atoms with Gasteiger partial charge in [0.2, 0.25) is 0 Å². The molecule has 4 rings (SSSR count). The maximum atomic E-state index is 12.9. The van der Waals surface area contributed by atoms with E-state index in [1.54, 1.807) is 0 Å². The molecule has 0 radical (unpaired) electrons. The summed E-state index contributed by atoms with van der Waals surface area (Å²) >= 11 is 6.47. The van der Waals surface area contributed by atoms with Gasteiger partial charge in [-0.2, -0.15) is 0 Å². The number of aryl methyl sites for hydroxylation is 2. The number of carbonyl (C=O) groups is 1. The van der Waals surface area contributed by atoms with E-state index in [9.17, 15) is 4.79 Å². The second kappa shape index (κ2) is 9.21. The van der Waals surface area contributed by atoms with Crippen LogP contribution in [0.1, 0.15) is 46.1 Å². The van der Waals surface area contributed by atoms with Gasteiger partial charge in [-0.3, -0.25) is 9.69 Å². The van der Waals surface area contributed by atoms with E-state index in [1.807, 2.05) is 56.3 Å². The summed E-state index contributed by atoms with van der Waals surface area (Å²) < 4.78 is 5.88. The van der Waals surface area contributed by atoms with Crippen molar-refractivity contribution >= 4 is 40.9 Å². The minimum atomic E-state index is -0.178. The largest absolute Gasteiger partial charge is 0.451 e. The fourth-order valence-electron chi connectivity index (χ4n) is 4.05. The van der Waals surface area contributed by atoms with Crippen molar-refractivity contribution in [3.63, 3.8) is 0 Å². The van der Waals surface area contributed by atoms with Gasteiger partial charge in [0.1, 0.15) is 5.58 Å². The molecule has 1 amide bonds. The van der Waals surface area contributed by atoms with Crippen LogP contribution in [0.5, 0.6) is 0 Å². The topological polar surface area (TPSA) is 45.5 Å². The molecule has 1 aliphatic rings. The molecule has 1 N–H and O–H groups in total. The van der Waals surface area contributed by atoms with E-state index in [-0.39, 0.29) is 24.4 Å². The highest BCUT2D eigenvalue weighted by Crippen LogP contribution is 2.30. The molecule has 1 fully saturated rings. The van der Waals surface area contributed by atoms with Crippen LogP contribution in [-0.2, 0) is 0 Å². The number of carbonyl (C=O) groups excluding carboxylic acids is 1. The summed E-state index contributed by atoms with van der Waals surface area (Å²) in [6.45, 7) is 6.49. The van der Waals surface area contributed by atoms with Crippen LogP contribution in [0.2, 0.25) is 5.02 Å². The molecule has 1 atom stereocenters. The van der Waals surface area contributed by atoms with Gasteiger partial charge in [-0.05, 0) is 63.0 Å². The van der Waals surface area contributed by atoms with Crippen LogP contribution >= 0.6 is 24.0 Å². The number of halogens is 2. The highest BCUT2D eigenvalue weighted by Gasteiger charge is 2.26. The number of likely N-dealkylation sites (tertiary alicyclic amines) is 1. The van der Waals surface area contributed by atoms with Crippen LogP contribution in [0.25, 0.3) is 11.0 Å². The normalized spacial score (nSPS) is 15.3. The highest BCUT2D eigenvalue weighted by atomic mass is 35.5. The van der Waals surface area contributed by atoms with Gasteiger partial charge >= 0.3 is 0 Å². The number of amides is 1. The Morgan fingerprint density at radius 3 is 2.62 bits per heavy atom. The molecule has 3 aromatic rings. The van der Waals surface area contributed by atoms with Crippen molar-refractivity contribution in [1.82, 2.24) is 10.2 Å². The first-order valence-electron chi connectivity index (χ1n) is 9.81. The summed E-state index contributed by atoms with van der Waals surface area (Å²) in [5, 5.41) is 4.81. The third-order valence-electron chi connectivity index (χ3n) is 5.60. The van der Waals surface area contributed by atoms with Gasteiger partial charge in [-0.15, -0.1) is 12.4 Å². The number of nitrogens with zero attached hydrogens (tertiary/aromatic N) is 1. The monoisotopic (exact) mass is 432 g/mol. The van der Waals surface area contributed by atoms with Crippen molar-refractivity contribution in [2.24, 2.45) is 0 Å². The first-order chi connectivity index (χ1) is 13.5. The van der Waals surface area contributed by atoms with Gasteiger partial charge in [0.15, 0.2) is 5.76 Å². The lowest BCUT2D eigenvalue weighted by molar-refractivity contribution is 0.0911. The van der Waals surface area contributed by atoms with E-state index >= 15 is 0 Å². The van der Waals surface area contributed by atoms with Crippen molar-refractivity contribution in [2.45, 2.75) is 32.7 Å². The van der Waals surface area contributed by atoms with Gasteiger partial charge < -0.3 is 9.73 Å². The lowest BCUT2D eigenvalue weighted by atomic mass is 10.1. The van der Waals surface area contributed by atoms with Crippen LogP contribution in [0.3, 0.4) is 0 Å². The molecule has 2 heterocycles. The molecular weight excluding hydrogens is 407 g/mol. The second-order valence-corrected chi connectivity index (χ2v) is 7.95. The molecule has 1 unspecified atom stereocenters. The number of furan rings is 1. The standard InChI is InChI=1S/C23H25ClN2O2.ClH/c1-15-9-10-17-16(2)22(28-21(17)13-15)23(27)25-14-20(26-11-5-6-12-26)18-7-3-4-8-19(18)24;/h3-4,7-10,13,20H,5-6,11-12,14H2,1-2H3,(H,25,27);1H. The maximum Gasteiger partial charge on any atom is 0.287 e. The molecular formula is C23H26Cl2N2O2.